The van der Waals surface area contributed by atoms with Crippen LogP contribution >= 0.6 is 11.8 Å². The molecule has 0 spiro atoms. The van der Waals surface area contributed by atoms with E-state index in [4.69, 9.17) is 0 Å². The van der Waals surface area contributed by atoms with Gasteiger partial charge in [-0.1, -0.05) is 49.0 Å². The molecule has 1 atom stereocenters. The Hall–Kier alpha value is -2.60. The lowest BCUT2D eigenvalue weighted by Crippen LogP contribution is -2.27. The predicted octanol–water partition coefficient (Wildman–Crippen LogP) is 4.16. The molecule has 142 valence electrons. The van der Waals surface area contributed by atoms with Gasteiger partial charge in [0.05, 0.1) is 11.5 Å². The minimum Gasteiger partial charge on any atom is -0.478 e. The van der Waals surface area contributed by atoms with Crippen molar-refractivity contribution in [2.75, 3.05) is 11.1 Å². The van der Waals surface area contributed by atoms with Crippen LogP contribution in [0, 0.1) is 12.8 Å². The van der Waals surface area contributed by atoms with E-state index in [0.29, 0.717) is 24.3 Å². The lowest BCUT2D eigenvalue weighted by atomic mass is 10.00. The van der Waals surface area contributed by atoms with Crippen molar-refractivity contribution in [3.8, 4) is 0 Å². The van der Waals surface area contributed by atoms with Crippen molar-refractivity contribution in [3.63, 3.8) is 0 Å². The summed E-state index contributed by atoms with van der Waals surface area (Å²) in [5.41, 5.74) is 2.33. The molecule has 0 saturated heterocycles. The highest BCUT2D eigenvalue weighted by molar-refractivity contribution is 8.13. The molecule has 0 heterocycles. The number of carbonyl (C=O) groups excluding carboxylic acids is 2. The molecule has 2 N–H and O–H groups in total. The summed E-state index contributed by atoms with van der Waals surface area (Å²) in [5, 5.41) is 12.0. The number of nitrogens with one attached hydrogen (secondary N) is 1. The Labute approximate surface area is 163 Å². The Kier molecular flexibility index (Phi) is 7.61. The Morgan fingerprint density at radius 2 is 1.81 bits per heavy atom. The molecule has 0 unspecified atom stereocenters. The van der Waals surface area contributed by atoms with Crippen LogP contribution in [0.25, 0.3) is 0 Å². The fourth-order valence-electron chi connectivity index (χ4n) is 2.64. The monoisotopic (exact) mass is 385 g/mol. The zero-order valence-corrected chi connectivity index (χ0v) is 16.2. The Bertz CT molecular complexity index is 820. The quantitative estimate of drug-likeness (QED) is 0.713. The topological polar surface area (TPSA) is 83.5 Å². The van der Waals surface area contributed by atoms with Crippen molar-refractivity contribution in [2.45, 2.75) is 26.7 Å². The highest BCUT2D eigenvalue weighted by atomic mass is 32.2. The summed E-state index contributed by atoms with van der Waals surface area (Å²) in [5.74, 6) is -1.29. The third-order valence-electron chi connectivity index (χ3n) is 4.02. The summed E-state index contributed by atoms with van der Waals surface area (Å²) < 4.78 is 0. The molecule has 0 aliphatic rings. The first kappa shape index (κ1) is 20.7. The third-order valence-corrected chi connectivity index (χ3v) is 5.20. The number of rotatable bonds is 8. The maximum Gasteiger partial charge on any atom is 0.335 e. The van der Waals surface area contributed by atoms with Crippen molar-refractivity contribution in [2.24, 2.45) is 5.92 Å². The smallest absolute Gasteiger partial charge is 0.335 e. The third kappa shape index (κ3) is 6.57. The number of hydrogen-bond acceptors (Lipinski definition) is 4. The maximum atomic E-state index is 12.8. The average molecular weight is 385 g/mol. The van der Waals surface area contributed by atoms with Crippen LogP contribution in [-0.4, -0.2) is 27.9 Å². The lowest BCUT2D eigenvalue weighted by Gasteiger charge is -2.17. The molecule has 2 rings (SSSR count). The minimum absolute atomic E-state index is 0.0459. The SMILES string of the molecule is CCC(=O)SC[C@@H](Cc1ccccc1)C(=O)Nc1cc(C)cc(C(=O)O)c1. The first-order chi connectivity index (χ1) is 12.9. The van der Waals surface area contributed by atoms with Gasteiger partial charge >= 0.3 is 5.97 Å². The van der Waals surface area contributed by atoms with Gasteiger partial charge in [0.1, 0.15) is 0 Å². The first-order valence-corrected chi connectivity index (χ1v) is 9.73. The summed E-state index contributed by atoms with van der Waals surface area (Å²) in [7, 11) is 0. The number of carboxylic acid groups (broad SMARTS) is 1. The van der Waals surface area contributed by atoms with Crippen LogP contribution in [0.3, 0.4) is 0 Å². The number of anilines is 1. The van der Waals surface area contributed by atoms with Gasteiger partial charge < -0.3 is 10.4 Å². The van der Waals surface area contributed by atoms with Crippen molar-refractivity contribution >= 4 is 34.4 Å². The highest BCUT2D eigenvalue weighted by Crippen LogP contribution is 2.20. The van der Waals surface area contributed by atoms with E-state index in [1.165, 1.54) is 6.07 Å². The molecule has 0 aliphatic heterocycles. The summed E-state index contributed by atoms with van der Waals surface area (Å²) in [6.07, 6.45) is 0.929. The summed E-state index contributed by atoms with van der Waals surface area (Å²) in [6.45, 7) is 3.57. The van der Waals surface area contributed by atoms with Crippen LogP contribution in [0.4, 0.5) is 5.69 Å². The van der Waals surface area contributed by atoms with Crippen molar-refractivity contribution < 1.29 is 19.5 Å². The number of benzene rings is 2. The molecule has 0 aromatic heterocycles. The van der Waals surface area contributed by atoms with Crippen molar-refractivity contribution in [1.82, 2.24) is 0 Å². The normalized spacial score (nSPS) is 11.6. The van der Waals surface area contributed by atoms with Gasteiger partial charge in [0.25, 0.3) is 0 Å². The van der Waals surface area contributed by atoms with E-state index in [9.17, 15) is 19.5 Å². The van der Waals surface area contributed by atoms with E-state index >= 15 is 0 Å². The zero-order chi connectivity index (χ0) is 19.8. The Morgan fingerprint density at radius 3 is 2.44 bits per heavy atom. The second-order valence-corrected chi connectivity index (χ2v) is 7.38. The molecule has 0 radical (unpaired) electrons. The zero-order valence-electron chi connectivity index (χ0n) is 15.4. The second-order valence-electron chi connectivity index (χ2n) is 6.31. The molecule has 0 bridgehead atoms. The fraction of sp³-hybridized carbons (Fsp3) is 0.286. The molecule has 2 aromatic rings. The number of aryl methyl sites for hydroxylation is 1. The first-order valence-electron chi connectivity index (χ1n) is 8.74. The molecule has 0 saturated carbocycles. The van der Waals surface area contributed by atoms with Gasteiger partial charge in [-0.3, -0.25) is 9.59 Å². The van der Waals surface area contributed by atoms with Crippen molar-refractivity contribution in [3.05, 3.63) is 65.2 Å². The standard InChI is InChI=1S/C21H23NO4S/c1-3-19(23)27-13-17(11-15-7-5-4-6-8-15)20(24)22-18-10-14(2)9-16(12-18)21(25)26/h4-10,12,17H,3,11,13H2,1-2H3,(H,22,24)(H,25,26)/t17-/m1/s1. The summed E-state index contributed by atoms with van der Waals surface area (Å²) in [6, 6.07) is 14.3. The van der Waals surface area contributed by atoms with Crippen LogP contribution < -0.4 is 5.32 Å². The largest absolute Gasteiger partial charge is 0.478 e. The van der Waals surface area contributed by atoms with Gasteiger partial charge in [0, 0.05) is 17.9 Å². The number of aromatic carboxylic acids is 1. The number of amides is 1. The van der Waals surface area contributed by atoms with Gasteiger partial charge in [-0.05, 0) is 42.7 Å². The minimum atomic E-state index is -1.04. The van der Waals surface area contributed by atoms with Gasteiger partial charge in [-0.2, -0.15) is 0 Å². The fourth-order valence-corrected chi connectivity index (χ4v) is 3.51. The molecular formula is C21H23NO4S. The summed E-state index contributed by atoms with van der Waals surface area (Å²) >= 11 is 1.16. The predicted molar refractivity (Wildman–Crippen MR) is 108 cm³/mol. The molecular weight excluding hydrogens is 362 g/mol. The van der Waals surface area contributed by atoms with E-state index in [-0.39, 0.29) is 16.6 Å². The van der Waals surface area contributed by atoms with Crippen LogP contribution in [0.1, 0.15) is 34.8 Å². The molecule has 2 aromatic carbocycles. The van der Waals surface area contributed by atoms with E-state index in [1.54, 1.807) is 26.0 Å². The van der Waals surface area contributed by atoms with Gasteiger partial charge in [0.2, 0.25) is 5.91 Å². The van der Waals surface area contributed by atoms with Gasteiger partial charge in [-0.15, -0.1) is 0 Å². The van der Waals surface area contributed by atoms with E-state index in [0.717, 1.165) is 22.9 Å². The lowest BCUT2D eigenvalue weighted by molar-refractivity contribution is -0.119. The molecule has 0 fully saturated rings. The van der Waals surface area contributed by atoms with Crippen molar-refractivity contribution in [1.29, 1.82) is 0 Å². The number of carbonyl (C=O) groups is 3. The van der Waals surface area contributed by atoms with Crippen LogP contribution in [0.15, 0.2) is 48.5 Å². The number of hydrogen-bond donors (Lipinski definition) is 2. The Morgan fingerprint density at radius 1 is 1.11 bits per heavy atom. The molecule has 1 amide bonds. The van der Waals surface area contributed by atoms with Crippen LogP contribution in [0.5, 0.6) is 0 Å². The van der Waals surface area contributed by atoms with Gasteiger partial charge in [0.15, 0.2) is 5.12 Å². The molecule has 27 heavy (non-hydrogen) atoms. The average Bonchev–Trinajstić information content (AvgIpc) is 2.64. The van der Waals surface area contributed by atoms with E-state index < -0.39 is 11.9 Å². The molecule has 0 aliphatic carbocycles. The second kappa shape index (κ2) is 9.92. The maximum absolute atomic E-state index is 12.8. The number of thioether (sulfide) groups is 1. The summed E-state index contributed by atoms with van der Waals surface area (Å²) in [4.78, 5) is 35.7. The Balaban J connectivity index is 2.17. The number of carboxylic acids is 1. The van der Waals surface area contributed by atoms with Gasteiger partial charge in [-0.25, -0.2) is 4.79 Å². The molecule has 6 heteroatoms. The van der Waals surface area contributed by atoms with E-state index in [1.807, 2.05) is 30.3 Å². The highest BCUT2D eigenvalue weighted by Gasteiger charge is 2.21. The van der Waals surface area contributed by atoms with Crippen LogP contribution in [-0.2, 0) is 16.0 Å². The van der Waals surface area contributed by atoms with Crippen LogP contribution in [0.2, 0.25) is 0 Å². The van der Waals surface area contributed by atoms with E-state index in [2.05, 4.69) is 5.32 Å². The molecule has 5 nitrogen and oxygen atoms in total.